The summed E-state index contributed by atoms with van der Waals surface area (Å²) in [6.07, 6.45) is 1.36. The van der Waals surface area contributed by atoms with E-state index in [1.54, 1.807) is 6.07 Å². The predicted molar refractivity (Wildman–Crippen MR) is 72.5 cm³/mol. The van der Waals surface area contributed by atoms with Crippen molar-refractivity contribution in [1.29, 1.82) is 0 Å². The number of phenolic OH excluding ortho intramolecular Hbond substituents is 1. The van der Waals surface area contributed by atoms with E-state index in [0.29, 0.717) is 43.6 Å². The highest BCUT2D eigenvalue weighted by Crippen LogP contribution is 2.24. The number of aliphatic hydroxyl groups is 1. The molecule has 3 N–H and O–H groups in total. The molecular formula is C13H18BrNO3. The van der Waals surface area contributed by atoms with Crippen molar-refractivity contribution in [2.75, 3.05) is 19.8 Å². The van der Waals surface area contributed by atoms with E-state index in [-0.39, 0.29) is 5.75 Å². The first-order valence-corrected chi connectivity index (χ1v) is 6.87. The number of halogens is 1. The molecule has 18 heavy (non-hydrogen) atoms. The fourth-order valence-corrected chi connectivity index (χ4v) is 2.45. The van der Waals surface area contributed by atoms with Crippen LogP contribution >= 0.6 is 15.9 Å². The number of rotatable bonds is 4. The van der Waals surface area contributed by atoms with Gasteiger partial charge in [0.2, 0.25) is 0 Å². The molecular weight excluding hydrogens is 298 g/mol. The molecule has 1 aliphatic heterocycles. The summed E-state index contributed by atoms with van der Waals surface area (Å²) in [4.78, 5) is 0. The van der Waals surface area contributed by atoms with E-state index >= 15 is 0 Å². The molecule has 1 aromatic rings. The zero-order chi connectivity index (χ0) is 13.0. The molecule has 0 aliphatic carbocycles. The average Bonchev–Trinajstić information content (AvgIpc) is 2.34. The van der Waals surface area contributed by atoms with Crippen LogP contribution in [-0.4, -0.2) is 35.6 Å². The molecule has 1 fully saturated rings. The van der Waals surface area contributed by atoms with Gasteiger partial charge in [0.05, 0.1) is 10.1 Å². The van der Waals surface area contributed by atoms with E-state index in [4.69, 9.17) is 4.74 Å². The van der Waals surface area contributed by atoms with E-state index in [1.165, 1.54) is 0 Å². The van der Waals surface area contributed by atoms with Crippen molar-refractivity contribution < 1.29 is 14.9 Å². The Balaban J connectivity index is 1.82. The van der Waals surface area contributed by atoms with Gasteiger partial charge in [0, 0.05) is 39.1 Å². The number of benzene rings is 1. The van der Waals surface area contributed by atoms with Crippen LogP contribution in [-0.2, 0) is 11.3 Å². The molecule has 0 unspecified atom stereocenters. The van der Waals surface area contributed by atoms with Crippen LogP contribution in [0.4, 0.5) is 0 Å². The van der Waals surface area contributed by atoms with Crippen LogP contribution in [0.5, 0.6) is 5.75 Å². The van der Waals surface area contributed by atoms with Crippen LogP contribution in [0.25, 0.3) is 0 Å². The van der Waals surface area contributed by atoms with Crippen molar-refractivity contribution in [3.63, 3.8) is 0 Å². The molecule has 0 spiro atoms. The molecule has 0 radical (unpaired) electrons. The summed E-state index contributed by atoms with van der Waals surface area (Å²) in [5.74, 6) is 0.238. The van der Waals surface area contributed by atoms with Gasteiger partial charge in [-0.2, -0.15) is 0 Å². The van der Waals surface area contributed by atoms with Crippen LogP contribution in [0.1, 0.15) is 18.4 Å². The third kappa shape index (κ3) is 3.68. The Labute approximate surface area is 115 Å². The molecule has 0 saturated carbocycles. The smallest absolute Gasteiger partial charge is 0.129 e. The van der Waals surface area contributed by atoms with Crippen LogP contribution in [0.2, 0.25) is 0 Å². The van der Waals surface area contributed by atoms with Crippen molar-refractivity contribution in [2.45, 2.75) is 25.0 Å². The van der Waals surface area contributed by atoms with E-state index in [0.717, 1.165) is 5.56 Å². The Bertz CT molecular complexity index is 405. The molecule has 5 heteroatoms. The Morgan fingerprint density at radius 3 is 2.72 bits per heavy atom. The summed E-state index contributed by atoms with van der Waals surface area (Å²) in [6.45, 7) is 2.49. The Morgan fingerprint density at radius 1 is 1.33 bits per heavy atom. The Kier molecular flexibility index (Phi) is 4.61. The lowest BCUT2D eigenvalue weighted by molar-refractivity contribution is -0.0617. The minimum Gasteiger partial charge on any atom is -0.507 e. The molecule has 0 aromatic heterocycles. The lowest BCUT2D eigenvalue weighted by Gasteiger charge is -2.32. The highest BCUT2D eigenvalue weighted by atomic mass is 79.9. The van der Waals surface area contributed by atoms with Crippen molar-refractivity contribution in [3.05, 3.63) is 28.2 Å². The van der Waals surface area contributed by atoms with Crippen molar-refractivity contribution in [2.24, 2.45) is 0 Å². The summed E-state index contributed by atoms with van der Waals surface area (Å²) < 4.78 is 5.92. The second-order valence-electron chi connectivity index (χ2n) is 4.73. The SMILES string of the molecule is Oc1ccc(CNCC2(O)CCOCC2)cc1Br. The molecule has 1 aromatic carbocycles. The normalized spacial score (nSPS) is 18.8. The summed E-state index contributed by atoms with van der Waals surface area (Å²) in [6, 6.07) is 5.39. The van der Waals surface area contributed by atoms with Crippen LogP contribution in [0, 0.1) is 0 Å². The quantitative estimate of drug-likeness (QED) is 0.792. The number of nitrogens with one attached hydrogen (secondary N) is 1. The van der Waals surface area contributed by atoms with E-state index < -0.39 is 5.60 Å². The number of hydrogen-bond acceptors (Lipinski definition) is 4. The zero-order valence-electron chi connectivity index (χ0n) is 10.2. The largest absolute Gasteiger partial charge is 0.507 e. The van der Waals surface area contributed by atoms with Gasteiger partial charge in [-0.3, -0.25) is 0 Å². The molecule has 1 saturated heterocycles. The molecule has 0 bridgehead atoms. The minimum atomic E-state index is -0.646. The van der Waals surface area contributed by atoms with Gasteiger partial charge in [-0.1, -0.05) is 6.07 Å². The fourth-order valence-electron chi connectivity index (χ4n) is 2.03. The van der Waals surface area contributed by atoms with Crippen LogP contribution < -0.4 is 5.32 Å². The summed E-state index contributed by atoms with van der Waals surface area (Å²) in [7, 11) is 0. The van der Waals surface area contributed by atoms with E-state index in [9.17, 15) is 10.2 Å². The van der Waals surface area contributed by atoms with E-state index in [1.807, 2.05) is 12.1 Å². The van der Waals surface area contributed by atoms with E-state index in [2.05, 4.69) is 21.2 Å². The second kappa shape index (κ2) is 6.02. The minimum absolute atomic E-state index is 0.238. The maximum absolute atomic E-state index is 10.3. The molecule has 100 valence electrons. The number of phenols is 1. The Morgan fingerprint density at radius 2 is 2.06 bits per heavy atom. The first-order valence-electron chi connectivity index (χ1n) is 6.07. The summed E-state index contributed by atoms with van der Waals surface area (Å²) >= 11 is 3.28. The maximum Gasteiger partial charge on any atom is 0.129 e. The maximum atomic E-state index is 10.3. The highest BCUT2D eigenvalue weighted by Gasteiger charge is 2.28. The van der Waals surface area contributed by atoms with Gasteiger partial charge < -0.3 is 20.3 Å². The first kappa shape index (κ1) is 13.8. The molecule has 1 heterocycles. The highest BCUT2D eigenvalue weighted by molar-refractivity contribution is 9.10. The van der Waals surface area contributed by atoms with Gasteiger partial charge >= 0.3 is 0 Å². The van der Waals surface area contributed by atoms with Crippen LogP contribution in [0.3, 0.4) is 0 Å². The van der Waals surface area contributed by atoms with Crippen molar-refractivity contribution >= 4 is 15.9 Å². The summed E-state index contributed by atoms with van der Waals surface area (Å²) in [5, 5.41) is 22.9. The van der Waals surface area contributed by atoms with Crippen molar-refractivity contribution in [3.8, 4) is 5.75 Å². The standard InChI is InChI=1S/C13H18BrNO3/c14-11-7-10(1-2-12(11)16)8-15-9-13(17)3-5-18-6-4-13/h1-2,7,15-17H,3-6,8-9H2. The van der Waals surface area contributed by atoms with Gasteiger partial charge in [-0.05, 0) is 33.6 Å². The van der Waals surface area contributed by atoms with Crippen LogP contribution in [0.15, 0.2) is 22.7 Å². The number of ether oxygens (including phenoxy) is 1. The second-order valence-corrected chi connectivity index (χ2v) is 5.58. The molecule has 4 nitrogen and oxygen atoms in total. The number of hydrogen-bond donors (Lipinski definition) is 3. The lowest BCUT2D eigenvalue weighted by atomic mass is 9.94. The monoisotopic (exact) mass is 315 g/mol. The molecule has 1 aliphatic rings. The Hall–Kier alpha value is -0.620. The third-order valence-electron chi connectivity index (χ3n) is 3.22. The van der Waals surface area contributed by atoms with Gasteiger partial charge in [0.25, 0.3) is 0 Å². The van der Waals surface area contributed by atoms with Crippen molar-refractivity contribution in [1.82, 2.24) is 5.32 Å². The summed E-state index contributed by atoms with van der Waals surface area (Å²) in [5.41, 5.74) is 0.419. The van der Waals surface area contributed by atoms with Gasteiger partial charge in [0.15, 0.2) is 0 Å². The topological polar surface area (TPSA) is 61.7 Å². The van der Waals surface area contributed by atoms with Gasteiger partial charge in [-0.15, -0.1) is 0 Å². The molecule has 2 rings (SSSR count). The predicted octanol–water partition coefficient (Wildman–Crippen LogP) is 1.79. The molecule has 0 atom stereocenters. The number of aromatic hydroxyl groups is 1. The lowest BCUT2D eigenvalue weighted by Crippen LogP contribution is -2.44. The average molecular weight is 316 g/mol. The van der Waals surface area contributed by atoms with Gasteiger partial charge in [-0.25, -0.2) is 0 Å². The fraction of sp³-hybridized carbons (Fsp3) is 0.538. The first-order chi connectivity index (χ1) is 8.59. The molecule has 0 amide bonds. The zero-order valence-corrected chi connectivity index (χ0v) is 11.7. The van der Waals surface area contributed by atoms with Gasteiger partial charge in [0.1, 0.15) is 5.75 Å². The third-order valence-corrected chi connectivity index (χ3v) is 3.85.